The number of rotatable bonds is 3. The van der Waals surface area contributed by atoms with Crippen LogP contribution in [0.4, 0.5) is 13.2 Å². The van der Waals surface area contributed by atoms with E-state index in [1.807, 2.05) is 13.8 Å². The lowest BCUT2D eigenvalue weighted by Gasteiger charge is -2.18. The molecule has 0 aliphatic heterocycles. The maximum atomic E-state index is 12.1. The molecule has 0 radical (unpaired) electrons. The zero-order valence-corrected chi connectivity index (χ0v) is 9.95. The smallest absolute Gasteiger partial charge is 0.325 e. The lowest BCUT2D eigenvalue weighted by Crippen LogP contribution is -2.34. The molecule has 0 amide bonds. The third-order valence-corrected chi connectivity index (χ3v) is 2.56. The van der Waals surface area contributed by atoms with Gasteiger partial charge in [-0.3, -0.25) is 0 Å². The van der Waals surface area contributed by atoms with Crippen LogP contribution in [0.2, 0.25) is 0 Å². The van der Waals surface area contributed by atoms with Crippen molar-refractivity contribution in [3.63, 3.8) is 0 Å². The molecule has 0 bridgehead atoms. The van der Waals surface area contributed by atoms with E-state index in [-0.39, 0.29) is 22.2 Å². The molecule has 0 saturated heterocycles. The van der Waals surface area contributed by atoms with E-state index in [4.69, 9.17) is 5.73 Å². The Morgan fingerprint density at radius 1 is 1.12 bits per heavy atom. The van der Waals surface area contributed by atoms with Gasteiger partial charge in [0.15, 0.2) is 0 Å². The molecule has 1 aromatic rings. The van der Waals surface area contributed by atoms with Gasteiger partial charge in [0, 0.05) is 10.4 Å². The SMILES string of the molecule is CC(C)(N)Cc1ccc(SC(F)(F)F)cc1. The van der Waals surface area contributed by atoms with Gasteiger partial charge in [-0.05, 0) is 49.7 Å². The Kier molecular flexibility index (Phi) is 3.91. The van der Waals surface area contributed by atoms with E-state index in [9.17, 15) is 13.2 Å². The van der Waals surface area contributed by atoms with E-state index in [0.29, 0.717) is 6.42 Å². The first-order valence-electron chi connectivity index (χ1n) is 4.79. The number of benzene rings is 1. The van der Waals surface area contributed by atoms with Crippen molar-refractivity contribution in [3.8, 4) is 0 Å². The van der Waals surface area contributed by atoms with Crippen LogP contribution in [-0.4, -0.2) is 11.0 Å². The van der Waals surface area contributed by atoms with E-state index in [1.54, 1.807) is 12.1 Å². The van der Waals surface area contributed by atoms with Gasteiger partial charge in [-0.2, -0.15) is 13.2 Å². The first-order chi connectivity index (χ1) is 7.16. The molecule has 0 saturated carbocycles. The summed E-state index contributed by atoms with van der Waals surface area (Å²) in [6.45, 7) is 3.76. The maximum Gasteiger partial charge on any atom is 0.446 e. The van der Waals surface area contributed by atoms with Crippen molar-refractivity contribution in [2.45, 2.75) is 36.2 Å². The van der Waals surface area contributed by atoms with Crippen molar-refractivity contribution < 1.29 is 13.2 Å². The fourth-order valence-corrected chi connectivity index (χ4v) is 1.87. The summed E-state index contributed by atoms with van der Waals surface area (Å²) < 4.78 is 36.2. The average molecular weight is 249 g/mol. The highest BCUT2D eigenvalue weighted by Crippen LogP contribution is 2.36. The zero-order valence-electron chi connectivity index (χ0n) is 9.14. The summed E-state index contributed by atoms with van der Waals surface area (Å²) in [7, 11) is 0. The lowest BCUT2D eigenvalue weighted by molar-refractivity contribution is -0.0328. The highest BCUT2D eigenvalue weighted by atomic mass is 32.2. The number of hydrogen-bond donors (Lipinski definition) is 1. The lowest BCUT2D eigenvalue weighted by atomic mass is 9.96. The minimum Gasteiger partial charge on any atom is -0.325 e. The van der Waals surface area contributed by atoms with Crippen LogP contribution < -0.4 is 5.73 Å². The molecule has 1 nitrogen and oxygen atoms in total. The van der Waals surface area contributed by atoms with Gasteiger partial charge in [0.05, 0.1) is 0 Å². The first kappa shape index (κ1) is 13.4. The molecule has 16 heavy (non-hydrogen) atoms. The van der Waals surface area contributed by atoms with Crippen molar-refractivity contribution >= 4 is 11.8 Å². The predicted molar refractivity (Wildman–Crippen MR) is 60.3 cm³/mol. The molecule has 2 N–H and O–H groups in total. The molecular weight excluding hydrogens is 235 g/mol. The Bertz CT molecular complexity index is 303. The molecule has 0 aromatic heterocycles. The van der Waals surface area contributed by atoms with Gasteiger partial charge in [0.1, 0.15) is 0 Å². The Hall–Kier alpha value is -0.680. The van der Waals surface area contributed by atoms with Crippen molar-refractivity contribution in [1.82, 2.24) is 0 Å². The summed E-state index contributed by atoms with van der Waals surface area (Å²) in [5.41, 5.74) is 2.19. The fraction of sp³-hybridized carbons (Fsp3) is 0.455. The largest absolute Gasteiger partial charge is 0.446 e. The normalized spacial score (nSPS) is 12.9. The fourth-order valence-electron chi connectivity index (χ4n) is 1.34. The molecule has 0 aliphatic rings. The quantitative estimate of drug-likeness (QED) is 0.829. The van der Waals surface area contributed by atoms with Crippen LogP contribution in [0.5, 0.6) is 0 Å². The van der Waals surface area contributed by atoms with Gasteiger partial charge >= 0.3 is 5.51 Å². The second-order valence-electron chi connectivity index (χ2n) is 4.36. The number of thioether (sulfide) groups is 1. The van der Waals surface area contributed by atoms with Crippen LogP contribution in [-0.2, 0) is 6.42 Å². The number of alkyl halides is 3. The van der Waals surface area contributed by atoms with E-state index in [2.05, 4.69) is 0 Å². The summed E-state index contributed by atoms with van der Waals surface area (Å²) in [5, 5.41) is 0. The second-order valence-corrected chi connectivity index (χ2v) is 5.50. The van der Waals surface area contributed by atoms with Crippen LogP contribution >= 0.6 is 11.8 Å². The summed E-state index contributed by atoms with van der Waals surface area (Å²) in [5.74, 6) is 0. The Labute approximate surface area is 97.2 Å². The average Bonchev–Trinajstić information content (AvgIpc) is 2.03. The van der Waals surface area contributed by atoms with Crippen LogP contribution in [0.25, 0.3) is 0 Å². The molecular formula is C11H14F3NS. The highest BCUT2D eigenvalue weighted by Gasteiger charge is 2.29. The summed E-state index contributed by atoms with van der Waals surface area (Å²) in [6.07, 6.45) is 0.643. The molecule has 0 spiro atoms. The molecule has 5 heteroatoms. The number of hydrogen-bond acceptors (Lipinski definition) is 2. The molecule has 0 unspecified atom stereocenters. The molecule has 0 aliphatic carbocycles. The van der Waals surface area contributed by atoms with Gasteiger partial charge in [0.25, 0.3) is 0 Å². The van der Waals surface area contributed by atoms with Crippen molar-refractivity contribution in [3.05, 3.63) is 29.8 Å². The van der Waals surface area contributed by atoms with Crippen LogP contribution in [0, 0.1) is 0 Å². The third kappa shape index (κ3) is 5.42. The third-order valence-electron chi connectivity index (χ3n) is 1.82. The zero-order chi connectivity index (χ0) is 12.4. The second kappa shape index (κ2) is 4.67. The maximum absolute atomic E-state index is 12.1. The first-order valence-corrected chi connectivity index (χ1v) is 5.61. The highest BCUT2D eigenvalue weighted by molar-refractivity contribution is 8.00. The van der Waals surface area contributed by atoms with Gasteiger partial charge in [-0.1, -0.05) is 12.1 Å². The van der Waals surface area contributed by atoms with Crippen molar-refractivity contribution in [2.24, 2.45) is 5.73 Å². The standard InChI is InChI=1S/C11H14F3NS/c1-10(2,15)7-8-3-5-9(6-4-8)16-11(12,13)14/h3-6H,7,15H2,1-2H3. The van der Waals surface area contributed by atoms with E-state index >= 15 is 0 Å². The minimum absolute atomic E-state index is 0.104. The van der Waals surface area contributed by atoms with Gasteiger partial charge in [-0.15, -0.1) is 0 Å². The Morgan fingerprint density at radius 3 is 2.00 bits per heavy atom. The molecule has 0 atom stereocenters. The van der Waals surface area contributed by atoms with Crippen LogP contribution in [0.1, 0.15) is 19.4 Å². The van der Waals surface area contributed by atoms with E-state index in [1.165, 1.54) is 12.1 Å². The molecule has 0 heterocycles. The minimum atomic E-state index is -4.23. The van der Waals surface area contributed by atoms with Gasteiger partial charge < -0.3 is 5.73 Å². The molecule has 0 fully saturated rings. The Balaban J connectivity index is 2.69. The summed E-state index contributed by atoms with van der Waals surface area (Å²) >= 11 is -0.104. The number of nitrogens with two attached hydrogens (primary N) is 1. The van der Waals surface area contributed by atoms with Crippen LogP contribution in [0.15, 0.2) is 29.2 Å². The topological polar surface area (TPSA) is 26.0 Å². The summed E-state index contributed by atoms with van der Waals surface area (Å²) in [6, 6.07) is 6.31. The Morgan fingerprint density at radius 2 is 1.62 bits per heavy atom. The number of halogens is 3. The van der Waals surface area contributed by atoms with Gasteiger partial charge in [0.2, 0.25) is 0 Å². The van der Waals surface area contributed by atoms with E-state index < -0.39 is 5.51 Å². The van der Waals surface area contributed by atoms with Crippen LogP contribution in [0.3, 0.4) is 0 Å². The van der Waals surface area contributed by atoms with E-state index in [0.717, 1.165) is 5.56 Å². The van der Waals surface area contributed by atoms with Gasteiger partial charge in [-0.25, -0.2) is 0 Å². The molecule has 1 rings (SSSR count). The molecule has 90 valence electrons. The molecule has 1 aromatic carbocycles. The summed E-state index contributed by atoms with van der Waals surface area (Å²) in [4.78, 5) is 0.200. The monoisotopic (exact) mass is 249 g/mol. The predicted octanol–water partition coefficient (Wildman–Crippen LogP) is 3.58. The van der Waals surface area contributed by atoms with Crippen molar-refractivity contribution in [1.29, 1.82) is 0 Å². The van der Waals surface area contributed by atoms with Crippen molar-refractivity contribution in [2.75, 3.05) is 0 Å².